The summed E-state index contributed by atoms with van der Waals surface area (Å²) in [6, 6.07) is 5.97. The molecule has 4 heteroatoms. The average molecular weight is 339 g/mol. The highest BCUT2D eigenvalue weighted by Crippen LogP contribution is 2.50. The van der Waals surface area contributed by atoms with E-state index in [-0.39, 0.29) is 23.6 Å². The number of piperidine rings is 3. The zero-order valence-corrected chi connectivity index (χ0v) is 14.6. The van der Waals surface area contributed by atoms with Crippen LogP contribution in [0.5, 0.6) is 0 Å². The second kappa shape index (κ2) is 6.31. The molecule has 0 spiro atoms. The number of fused-ring (bicyclic) bond motifs is 1. The first-order chi connectivity index (χ1) is 12.1. The lowest BCUT2D eigenvalue weighted by atomic mass is 9.71. The second-order valence-corrected chi connectivity index (χ2v) is 7.31. The predicted octanol–water partition coefficient (Wildman–Crippen LogP) is 3.07. The Kier molecular flexibility index (Phi) is 4.13. The minimum absolute atomic E-state index is 0.0673. The molecule has 4 aliphatic heterocycles. The maximum atomic E-state index is 13.6. The Labute approximate surface area is 147 Å². The van der Waals surface area contributed by atoms with Crippen molar-refractivity contribution in [1.29, 1.82) is 0 Å². The summed E-state index contributed by atoms with van der Waals surface area (Å²) >= 11 is 0. The van der Waals surface area contributed by atoms with Crippen molar-refractivity contribution in [2.75, 3.05) is 13.7 Å². The van der Waals surface area contributed by atoms with Crippen LogP contribution >= 0.6 is 0 Å². The van der Waals surface area contributed by atoms with Crippen LogP contribution in [-0.2, 0) is 9.53 Å². The SMILES string of the molecule is COC(=O)C1C2CC3CCC1N3C/C2=C\C#Cc1ccc(C)c(F)c1. The van der Waals surface area contributed by atoms with Crippen LogP contribution in [0, 0.1) is 36.4 Å². The van der Waals surface area contributed by atoms with Gasteiger partial charge in [0.1, 0.15) is 5.82 Å². The van der Waals surface area contributed by atoms with E-state index in [1.54, 1.807) is 13.0 Å². The summed E-state index contributed by atoms with van der Waals surface area (Å²) < 4.78 is 18.7. The third-order valence-electron chi connectivity index (χ3n) is 6.03. The topological polar surface area (TPSA) is 29.5 Å². The number of methoxy groups -OCH3 is 1. The lowest BCUT2D eigenvalue weighted by Crippen LogP contribution is -2.58. The van der Waals surface area contributed by atoms with Gasteiger partial charge in [-0.05, 0) is 61.4 Å². The van der Waals surface area contributed by atoms with E-state index in [0.717, 1.165) is 19.4 Å². The van der Waals surface area contributed by atoms with Crippen LogP contribution < -0.4 is 0 Å². The second-order valence-electron chi connectivity index (χ2n) is 7.31. The largest absolute Gasteiger partial charge is 0.469 e. The van der Waals surface area contributed by atoms with Crippen molar-refractivity contribution in [3.63, 3.8) is 0 Å². The molecule has 5 unspecified atom stereocenters. The summed E-state index contributed by atoms with van der Waals surface area (Å²) in [5.74, 6) is 5.93. The molecule has 0 aromatic heterocycles. The molecule has 4 aliphatic rings. The fourth-order valence-electron chi connectivity index (χ4n) is 4.76. The van der Waals surface area contributed by atoms with E-state index in [2.05, 4.69) is 16.7 Å². The third-order valence-corrected chi connectivity index (χ3v) is 6.03. The van der Waals surface area contributed by atoms with Crippen molar-refractivity contribution in [3.8, 4) is 11.8 Å². The van der Waals surface area contributed by atoms with Gasteiger partial charge in [-0.25, -0.2) is 4.39 Å². The van der Waals surface area contributed by atoms with Crippen molar-refractivity contribution in [1.82, 2.24) is 4.90 Å². The normalized spacial score (nSPS) is 33.9. The molecule has 0 amide bonds. The zero-order valence-electron chi connectivity index (χ0n) is 14.6. The van der Waals surface area contributed by atoms with Gasteiger partial charge in [0, 0.05) is 24.2 Å². The van der Waals surface area contributed by atoms with Crippen molar-refractivity contribution < 1.29 is 13.9 Å². The molecule has 1 aromatic rings. The number of benzene rings is 1. The summed E-state index contributed by atoms with van der Waals surface area (Å²) in [5, 5.41) is 0. The summed E-state index contributed by atoms with van der Waals surface area (Å²) in [5.41, 5.74) is 2.51. The molecule has 4 saturated heterocycles. The van der Waals surface area contributed by atoms with Crippen molar-refractivity contribution >= 4 is 5.97 Å². The number of hydrogen-bond donors (Lipinski definition) is 0. The summed E-state index contributed by atoms with van der Waals surface area (Å²) in [4.78, 5) is 14.8. The minimum atomic E-state index is -0.232. The van der Waals surface area contributed by atoms with Gasteiger partial charge in [0.2, 0.25) is 0 Å². The number of halogens is 1. The Bertz CT molecular complexity index is 804. The van der Waals surface area contributed by atoms with E-state index < -0.39 is 0 Å². The monoisotopic (exact) mass is 339 g/mol. The van der Waals surface area contributed by atoms with Crippen molar-refractivity contribution in [3.05, 3.63) is 46.8 Å². The molecule has 4 bridgehead atoms. The van der Waals surface area contributed by atoms with Crippen molar-refractivity contribution in [2.24, 2.45) is 11.8 Å². The fraction of sp³-hybridized carbons (Fsp3) is 0.476. The van der Waals surface area contributed by atoms with Crippen LogP contribution in [0.25, 0.3) is 0 Å². The van der Waals surface area contributed by atoms with Gasteiger partial charge in [0.15, 0.2) is 0 Å². The standard InChI is InChI=1S/C21H22FNO2/c1-13-6-7-14(10-18(13)22)4-3-5-15-12-23-16-8-9-19(23)20(17(15)11-16)21(24)25-2/h5-7,10,16-17,19-20H,8-9,11-12H2,1-2H3/b15-5+. The highest BCUT2D eigenvalue weighted by atomic mass is 19.1. The lowest BCUT2D eigenvalue weighted by molar-refractivity contribution is -0.153. The Morgan fingerprint density at radius 3 is 3.00 bits per heavy atom. The van der Waals surface area contributed by atoms with Gasteiger partial charge in [0.25, 0.3) is 0 Å². The predicted molar refractivity (Wildman–Crippen MR) is 93.2 cm³/mol. The summed E-state index contributed by atoms with van der Waals surface area (Å²) in [6.07, 6.45) is 5.21. The Morgan fingerprint density at radius 2 is 2.24 bits per heavy atom. The zero-order chi connectivity index (χ0) is 17.6. The van der Waals surface area contributed by atoms with Crippen LogP contribution in [0.3, 0.4) is 0 Å². The number of ether oxygens (including phenoxy) is 1. The van der Waals surface area contributed by atoms with E-state index in [4.69, 9.17) is 4.74 Å². The number of esters is 1. The smallest absolute Gasteiger partial charge is 0.310 e. The average Bonchev–Trinajstić information content (AvgIpc) is 2.92. The van der Waals surface area contributed by atoms with Gasteiger partial charge < -0.3 is 4.74 Å². The number of carbonyl (C=O) groups excluding carboxylic acids is 1. The molecule has 5 atom stereocenters. The number of allylic oxidation sites excluding steroid dienone is 1. The first-order valence-corrected chi connectivity index (χ1v) is 8.88. The molecule has 130 valence electrons. The molecule has 4 heterocycles. The van der Waals surface area contributed by atoms with Crippen LogP contribution in [-0.4, -0.2) is 36.6 Å². The maximum absolute atomic E-state index is 13.6. The summed E-state index contributed by atoms with van der Waals surface area (Å²) in [7, 11) is 1.47. The van der Waals surface area contributed by atoms with Gasteiger partial charge in [-0.2, -0.15) is 0 Å². The molecule has 0 N–H and O–H groups in total. The fourth-order valence-corrected chi connectivity index (χ4v) is 4.76. The van der Waals surface area contributed by atoms with Crippen LogP contribution in [0.1, 0.15) is 30.4 Å². The molecule has 0 aliphatic carbocycles. The number of rotatable bonds is 1. The van der Waals surface area contributed by atoms with Gasteiger partial charge >= 0.3 is 5.97 Å². The van der Waals surface area contributed by atoms with E-state index in [0.29, 0.717) is 23.2 Å². The lowest BCUT2D eigenvalue weighted by Gasteiger charge is -2.50. The van der Waals surface area contributed by atoms with E-state index in [1.165, 1.54) is 25.2 Å². The Balaban J connectivity index is 1.59. The van der Waals surface area contributed by atoms with Crippen LogP contribution in [0.15, 0.2) is 29.8 Å². The van der Waals surface area contributed by atoms with Gasteiger partial charge in [-0.1, -0.05) is 17.9 Å². The van der Waals surface area contributed by atoms with Gasteiger partial charge in [0.05, 0.1) is 13.0 Å². The molecule has 5 rings (SSSR count). The molecular weight excluding hydrogens is 317 g/mol. The highest BCUT2D eigenvalue weighted by Gasteiger charge is 2.55. The van der Waals surface area contributed by atoms with Gasteiger partial charge in [-0.15, -0.1) is 0 Å². The summed E-state index contributed by atoms with van der Waals surface area (Å²) in [6.45, 7) is 2.63. The highest BCUT2D eigenvalue weighted by molar-refractivity contribution is 5.75. The molecule has 4 fully saturated rings. The first kappa shape index (κ1) is 16.4. The molecular formula is C21H22FNO2. The third kappa shape index (κ3) is 2.77. The quantitative estimate of drug-likeness (QED) is 0.582. The van der Waals surface area contributed by atoms with Crippen LogP contribution in [0.2, 0.25) is 0 Å². The van der Waals surface area contributed by atoms with Gasteiger partial charge in [-0.3, -0.25) is 9.69 Å². The minimum Gasteiger partial charge on any atom is -0.469 e. The van der Waals surface area contributed by atoms with E-state index in [9.17, 15) is 9.18 Å². The molecule has 0 saturated carbocycles. The van der Waals surface area contributed by atoms with Crippen molar-refractivity contribution in [2.45, 2.75) is 38.3 Å². The molecule has 1 aromatic carbocycles. The maximum Gasteiger partial charge on any atom is 0.310 e. The first-order valence-electron chi connectivity index (χ1n) is 8.88. The number of aryl methyl sites for hydroxylation is 1. The Hall–Kier alpha value is -2.12. The molecule has 25 heavy (non-hydrogen) atoms. The van der Waals surface area contributed by atoms with Crippen LogP contribution in [0.4, 0.5) is 4.39 Å². The van der Waals surface area contributed by atoms with E-state index >= 15 is 0 Å². The number of carbonyl (C=O) groups is 1. The number of hydrogen-bond acceptors (Lipinski definition) is 3. The Morgan fingerprint density at radius 1 is 1.40 bits per heavy atom. The molecule has 3 nitrogen and oxygen atoms in total. The molecule has 0 radical (unpaired) electrons. The van der Waals surface area contributed by atoms with E-state index in [1.807, 2.05) is 12.1 Å². The number of nitrogens with zero attached hydrogens (tertiary/aromatic N) is 1.